The van der Waals surface area contributed by atoms with Crippen LogP contribution in [0.25, 0.3) is 0 Å². The fraction of sp³-hybridized carbons (Fsp3) is 0.409. The third-order valence-electron chi connectivity index (χ3n) is 5.75. The van der Waals surface area contributed by atoms with E-state index in [0.29, 0.717) is 32.2 Å². The Kier molecular flexibility index (Phi) is 5.03. The van der Waals surface area contributed by atoms with Crippen LogP contribution in [0.5, 0.6) is 5.75 Å². The molecular formula is C22H25NO4. The molecule has 0 saturated carbocycles. The van der Waals surface area contributed by atoms with Crippen LogP contribution in [0.3, 0.4) is 0 Å². The molecule has 0 unspecified atom stereocenters. The normalized spacial score (nSPS) is 21.3. The summed E-state index contributed by atoms with van der Waals surface area (Å²) in [5.74, 6) is 1.23. The number of hydrogen-bond donors (Lipinski definition) is 1. The van der Waals surface area contributed by atoms with Crippen molar-refractivity contribution >= 4 is 6.09 Å². The first kappa shape index (κ1) is 17.9. The molecule has 2 heterocycles. The van der Waals surface area contributed by atoms with Gasteiger partial charge in [0.2, 0.25) is 0 Å². The van der Waals surface area contributed by atoms with Crippen molar-refractivity contribution in [1.82, 2.24) is 4.90 Å². The van der Waals surface area contributed by atoms with E-state index in [1.807, 2.05) is 30.3 Å². The second-order valence-corrected chi connectivity index (χ2v) is 7.51. The van der Waals surface area contributed by atoms with Crippen molar-refractivity contribution in [2.24, 2.45) is 0 Å². The number of rotatable bonds is 4. The second-order valence-electron chi connectivity index (χ2n) is 7.51. The van der Waals surface area contributed by atoms with E-state index >= 15 is 0 Å². The summed E-state index contributed by atoms with van der Waals surface area (Å²) < 4.78 is 12.0. The first-order chi connectivity index (χ1) is 13.1. The smallest absolute Gasteiger partial charge is 0.407 e. The van der Waals surface area contributed by atoms with Crippen molar-refractivity contribution in [3.05, 3.63) is 65.7 Å². The minimum Gasteiger partial charge on any atom is -0.489 e. The quantitative estimate of drug-likeness (QED) is 0.876. The fourth-order valence-corrected chi connectivity index (χ4v) is 4.09. The highest BCUT2D eigenvalue weighted by atomic mass is 16.5. The number of likely N-dealkylation sites (tertiary alicyclic amines) is 1. The number of nitrogens with zero attached hydrogens (tertiary/aromatic N) is 1. The van der Waals surface area contributed by atoms with Crippen LogP contribution in [0.4, 0.5) is 4.79 Å². The number of ether oxygens (including phenoxy) is 2. The zero-order valence-electron chi connectivity index (χ0n) is 15.3. The first-order valence-electron chi connectivity index (χ1n) is 9.52. The highest BCUT2D eigenvalue weighted by Gasteiger charge is 2.43. The van der Waals surface area contributed by atoms with Gasteiger partial charge < -0.3 is 19.5 Å². The second kappa shape index (κ2) is 7.61. The van der Waals surface area contributed by atoms with Crippen LogP contribution in [0.1, 0.15) is 36.3 Å². The lowest BCUT2D eigenvalue weighted by atomic mass is 9.83. The Bertz CT molecular complexity index is 767. The van der Waals surface area contributed by atoms with Crippen LogP contribution in [0, 0.1) is 0 Å². The predicted octanol–water partition coefficient (Wildman–Crippen LogP) is 4.28. The molecule has 0 aliphatic carbocycles. The summed E-state index contributed by atoms with van der Waals surface area (Å²) in [6.07, 6.45) is 1.71. The van der Waals surface area contributed by atoms with Gasteiger partial charge in [0.15, 0.2) is 0 Å². The van der Waals surface area contributed by atoms with Gasteiger partial charge in [-0.2, -0.15) is 0 Å². The van der Waals surface area contributed by atoms with Crippen LogP contribution >= 0.6 is 0 Å². The number of carboxylic acid groups (broad SMARTS) is 1. The third-order valence-corrected chi connectivity index (χ3v) is 5.75. The number of amides is 1. The zero-order chi connectivity index (χ0) is 18.7. The standard InChI is InChI=1S/C22H25NO4/c24-21(25)23-12-10-22(11-13-23)14-19(16-27-22)18-6-8-20(9-7-18)26-15-17-4-2-1-3-5-17/h1-9,19H,10-16H2,(H,24,25)/t19-/m1/s1. The lowest BCUT2D eigenvalue weighted by Crippen LogP contribution is -2.45. The van der Waals surface area contributed by atoms with Gasteiger partial charge in [0.1, 0.15) is 12.4 Å². The summed E-state index contributed by atoms with van der Waals surface area (Å²) in [5, 5.41) is 9.12. The van der Waals surface area contributed by atoms with Gasteiger partial charge in [-0.15, -0.1) is 0 Å². The Morgan fingerprint density at radius 3 is 2.48 bits per heavy atom. The average molecular weight is 367 g/mol. The predicted molar refractivity (Wildman–Crippen MR) is 102 cm³/mol. The first-order valence-corrected chi connectivity index (χ1v) is 9.52. The number of hydrogen-bond acceptors (Lipinski definition) is 3. The molecule has 142 valence electrons. The molecule has 1 N–H and O–H groups in total. The molecule has 1 atom stereocenters. The van der Waals surface area contributed by atoms with Crippen LogP contribution < -0.4 is 4.74 Å². The van der Waals surface area contributed by atoms with Crippen molar-refractivity contribution in [1.29, 1.82) is 0 Å². The number of piperidine rings is 1. The van der Waals surface area contributed by atoms with E-state index in [9.17, 15) is 4.79 Å². The van der Waals surface area contributed by atoms with E-state index < -0.39 is 6.09 Å². The van der Waals surface area contributed by atoms with Gasteiger partial charge in [-0.3, -0.25) is 0 Å². The molecule has 2 aromatic carbocycles. The molecule has 2 aromatic rings. The van der Waals surface area contributed by atoms with Gasteiger partial charge in [0, 0.05) is 19.0 Å². The highest BCUT2D eigenvalue weighted by Crippen LogP contribution is 2.43. The van der Waals surface area contributed by atoms with Crippen molar-refractivity contribution in [2.75, 3.05) is 19.7 Å². The van der Waals surface area contributed by atoms with Gasteiger partial charge >= 0.3 is 6.09 Å². The maximum Gasteiger partial charge on any atom is 0.407 e. The molecule has 2 aliphatic rings. The Balaban J connectivity index is 1.33. The maximum absolute atomic E-state index is 11.1. The van der Waals surface area contributed by atoms with Crippen molar-refractivity contribution in [2.45, 2.75) is 37.4 Å². The zero-order valence-corrected chi connectivity index (χ0v) is 15.3. The van der Waals surface area contributed by atoms with E-state index in [1.165, 1.54) is 10.5 Å². The van der Waals surface area contributed by atoms with Gasteiger partial charge in [-0.1, -0.05) is 42.5 Å². The molecule has 2 saturated heterocycles. The van der Waals surface area contributed by atoms with E-state index in [1.54, 1.807) is 0 Å². The lowest BCUT2D eigenvalue weighted by molar-refractivity contribution is -0.0394. The molecule has 5 nitrogen and oxygen atoms in total. The maximum atomic E-state index is 11.1. The van der Waals surface area contributed by atoms with E-state index in [0.717, 1.165) is 30.6 Å². The Labute approximate surface area is 159 Å². The summed E-state index contributed by atoms with van der Waals surface area (Å²) in [6, 6.07) is 18.4. The van der Waals surface area contributed by atoms with Gasteiger partial charge in [0.05, 0.1) is 12.2 Å². The van der Waals surface area contributed by atoms with Crippen LogP contribution in [-0.4, -0.2) is 41.4 Å². The molecule has 0 radical (unpaired) electrons. The van der Waals surface area contributed by atoms with Crippen molar-refractivity contribution in [3.63, 3.8) is 0 Å². The number of carbonyl (C=O) groups is 1. The van der Waals surface area contributed by atoms with Crippen molar-refractivity contribution < 1.29 is 19.4 Å². The van der Waals surface area contributed by atoms with Crippen LogP contribution in [0.15, 0.2) is 54.6 Å². The number of benzene rings is 2. The topological polar surface area (TPSA) is 59.0 Å². The molecule has 0 bridgehead atoms. The lowest BCUT2D eigenvalue weighted by Gasteiger charge is -2.37. The SMILES string of the molecule is O=C(O)N1CCC2(CC1)C[C@@H](c1ccc(OCc3ccccc3)cc1)CO2. The monoisotopic (exact) mass is 367 g/mol. The summed E-state index contributed by atoms with van der Waals surface area (Å²) in [6.45, 7) is 2.40. The summed E-state index contributed by atoms with van der Waals surface area (Å²) in [7, 11) is 0. The summed E-state index contributed by atoms with van der Waals surface area (Å²) >= 11 is 0. The molecule has 27 heavy (non-hydrogen) atoms. The fourth-order valence-electron chi connectivity index (χ4n) is 4.09. The van der Waals surface area contributed by atoms with Crippen LogP contribution in [-0.2, 0) is 11.3 Å². The van der Waals surface area contributed by atoms with Gasteiger partial charge in [-0.05, 0) is 42.5 Å². The third kappa shape index (κ3) is 4.08. The average Bonchev–Trinajstić information content (AvgIpc) is 3.11. The Hall–Kier alpha value is -2.53. The Morgan fingerprint density at radius 1 is 1.11 bits per heavy atom. The molecule has 1 amide bonds. The molecule has 0 aromatic heterocycles. The van der Waals surface area contributed by atoms with Gasteiger partial charge in [0.25, 0.3) is 0 Å². The molecule has 1 spiro atoms. The highest BCUT2D eigenvalue weighted by molar-refractivity contribution is 5.65. The van der Waals surface area contributed by atoms with E-state index in [-0.39, 0.29) is 5.60 Å². The van der Waals surface area contributed by atoms with Crippen LogP contribution in [0.2, 0.25) is 0 Å². The molecule has 4 rings (SSSR count). The Morgan fingerprint density at radius 2 is 1.81 bits per heavy atom. The minimum absolute atomic E-state index is 0.154. The largest absolute Gasteiger partial charge is 0.489 e. The summed E-state index contributed by atoms with van der Waals surface area (Å²) in [5.41, 5.74) is 2.26. The molecular weight excluding hydrogens is 342 g/mol. The minimum atomic E-state index is -0.828. The summed E-state index contributed by atoms with van der Waals surface area (Å²) in [4.78, 5) is 12.6. The molecule has 5 heteroatoms. The van der Waals surface area contributed by atoms with E-state index in [2.05, 4.69) is 24.3 Å². The van der Waals surface area contributed by atoms with Gasteiger partial charge in [-0.25, -0.2) is 4.79 Å². The molecule has 2 fully saturated rings. The molecule has 2 aliphatic heterocycles. The van der Waals surface area contributed by atoms with Crippen molar-refractivity contribution in [3.8, 4) is 5.75 Å². The van der Waals surface area contributed by atoms with E-state index in [4.69, 9.17) is 14.6 Å².